The van der Waals surface area contributed by atoms with Gasteiger partial charge in [0.05, 0.1) is 17.5 Å². The predicted molar refractivity (Wildman–Crippen MR) is 75.2 cm³/mol. The van der Waals surface area contributed by atoms with Gasteiger partial charge in [-0.15, -0.1) is 0 Å². The Labute approximate surface area is 113 Å². The number of fused-ring (bicyclic) bond motifs is 1. The maximum Gasteiger partial charge on any atom is 0.168 e. The number of ketones is 1. The Morgan fingerprint density at radius 1 is 1.42 bits per heavy atom. The molecule has 0 fully saturated rings. The van der Waals surface area contributed by atoms with Crippen LogP contribution in [0.15, 0.2) is 24.3 Å². The highest BCUT2D eigenvalue weighted by molar-refractivity contribution is 5.85. The molecule has 0 spiro atoms. The first-order valence-corrected chi connectivity index (χ1v) is 6.67. The Morgan fingerprint density at radius 2 is 2.16 bits per heavy atom. The molecule has 4 nitrogen and oxygen atoms in total. The predicted octanol–water partition coefficient (Wildman–Crippen LogP) is 2.59. The van der Waals surface area contributed by atoms with Crippen molar-refractivity contribution in [3.05, 3.63) is 30.1 Å². The van der Waals surface area contributed by atoms with Gasteiger partial charge in [0.25, 0.3) is 0 Å². The molecule has 0 saturated heterocycles. The molecule has 0 aliphatic heterocycles. The molecule has 4 heteroatoms. The van der Waals surface area contributed by atoms with Crippen molar-refractivity contribution in [2.75, 3.05) is 7.11 Å². The Bertz CT molecular complexity index is 575. The summed E-state index contributed by atoms with van der Waals surface area (Å²) >= 11 is 0. The molecule has 0 N–H and O–H groups in total. The number of imidazole rings is 1. The zero-order chi connectivity index (χ0) is 13.8. The van der Waals surface area contributed by atoms with Crippen molar-refractivity contribution >= 4 is 16.8 Å². The molecule has 1 unspecified atom stereocenters. The van der Waals surface area contributed by atoms with E-state index in [1.165, 1.54) is 0 Å². The number of ether oxygens (including phenoxy) is 1. The van der Waals surface area contributed by atoms with Crippen molar-refractivity contribution in [1.82, 2.24) is 9.55 Å². The van der Waals surface area contributed by atoms with Gasteiger partial charge in [-0.2, -0.15) is 0 Å². The Balaban J connectivity index is 2.36. The smallest absolute Gasteiger partial charge is 0.168 e. The van der Waals surface area contributed by atoms with E-state index in [1.54, 1.807) is 14.0 Å². The van der Waals surface area contributed by atoms with Crippen LogP contribution in [0.1, 0.15) is 26.1 Å². The molecule has 0 bridgehead atoms. The molecule has 0 aliphatic carbocycles. The van der Waals surface area contributed by atoms with E-state index in [4.69, 9.17) is 4.74 Å². The average Bonchev–Trinajstić information content (AvgIpc) is 2.76. The number of aromatic nitrogens is 2. The topological polar surface area (TPSA) is 44.1 Å². The van der Waals surface area contributed by atoms with Crippen molar-refractivity contribution < 1.29 is 9.53 Å². The van der Waals surface area contributed by atoms with E-state index in [0.29, 0.717) is 6.42 Å². The Kier molecular flexibility index (Phi) is 4.32. The summed E-state index contributed by atoms with van der Waals surface area (Å²) in [5.41, 5.74) is 2.04. The third-order valence-electron chi connectivity index (χ3n) is 3.32. The molecule has 1 heterocycles. The molecule has 2 rings (SSSR count). The molecule has 0 aliphatic rings. The largest absolute Gasteiger partial charge is 0.374 e. The lowest BCUT2D eigenvalue weighted by atomic mass is 10.2. The molecule has 1 atom stereocenters. The first kappa shape index (κ1) is 13.7. The van der Waals surface area contributed by atoms with Crippen molar-refractivity contribution in [1.29, 1.82) is 0 Å². The highest BCUT2D eigenvalue weighted by atomic mass is 16.5. The summed E-state index contributed by atoms with van der Waals surface area (Å²) < 4.78 is 7.21. The van der Waals surface area contributed by atoms with Crippen LogP contribution >= 0.6 is 0 Å². The summed E-state index contributed by atoms with van der Waals surface area (Å²) in [5, 5.41) is 0. The van der Waals surface area contributed by atoms with Crippen LogP contribution in [-0.4, -0.2) is 28.5 Å². The summed E-state index contributed by atoms with van der Waals surface area (Å²) in [5.74, 6) is 0.895. The zero-order valence-electron chi connectivity index (χ0n) is 11.7. The van der Waals surface area contributed by atoms with Crippen molar-refractivity contribution in [3.63, 3.8) is 0 Å². The number of methoxy groups -OCH3 is 1. The Morgan fingerprint density at radius 3 is 2.84 bits per heavy atom. The summed E-state index contributed by atoms with van der Waals surface area (Å²) in [7, 11) is 1.55. The molecule has 1 aromatic carbocycles. The second-order valence-electron chi connectivity index (χ2n) is 4.69. The number of hydrogen-bond donors (Lipinski definition) is 0. The van der Waals surface area contributed by atoms with Crippen LogP contribution in [0, 0.1) is 0 Å². The van der Waals surface area contributed by atoms with Gasteiger partial charge < -0.3 is 9.30 Å². The lowest BCUT2D eigenvalue weighted by Gasteiger charge is -2.10. The second kappa shape index (κ2) is 5.97. The van der Waals surface area contributed by atoms with E-state index in [-0.39, 0.29) is 11.9 Å². The molecular weight excluding hydrogens is 240 g/mol. The van der Waals surface area contributed by atoms with Crippen LogP contribution in [0.5, 0.6) is 0 Å². The first-order valence-electron chi connectivity index (χ1n) is 6.67. The number of Topliss-reactive ketones (excluding diaryl/α,β-unsaturated/α-hetero) is 1. The number of carbonyl (C=O) groups excluding carboxylic acids is 1. The van der Waals surface area contributed by atoms with Gasteiger partial charge in [0, 0.05) is 13.7 Å². The molecule has 19 heavy (non-hydrogen) atoms. The summed E-state index contributed by atoms with van der Waals surface area (Å²) in [6, 6.07) is 8.00. The SMILES string of the molecule is CCCn1c(CC(=O)C(C)OC)nc2ccccc21. The summed E-state index contributed by atoms with van der Waals surface area (Å²) in [6.07, 6.45) is 0.959. The average molecular weight is 260 g/mol. The van der Waals surface area contributed by atoms with Gasteiger partial charge >= 0.3 is 0 Å². The molecule has 0 radical (unpaired) electrons. The fourth-order valence-electron chi connectivity index (χ4n) is 2.16. The monoisotopic (exact) mass is 260 g/mol. The second-order valence-corrected chi connectivity index (χ2v) is 4.69. The van der Waals surface area contributed by atoms with E-state index in [9.17, 15) is 4.79 Å². The maximum atomic E-state index is 12.0. The van der Waals surface area contributed by atoms with Crippen LogP contribution in [0.4, 0.5) is 0 Å². The van der Waals surface area contributed by atoms with Crippen LogP contribution < -0.4 is 0 Å². The van der Waals surface area contributed by atoms with Crippen molar-refractivity contribution in [2.45, 2.75) is 39.3 Å². The van der Waals surface area contributed by atoms with Crippen LogP contribution in [0.25, 0.3) is 11.0 Å². The fraction of sp³-hybridized carbons (Fsp3) is 0.467. The minimum Gasteiger partial charge on any atom is -0.374 e. The molecule has 1 aromatic heterocycles. The molecule has 2 aromatic rings. The Hall–Kier alpha value is -1.68. The van der Waals surface area contributed by atoms with Crippen molar-refractivity contribution in [3.8, 4) is 0 Å². The minimum atomic E-state index is -0.380. The summed E-state index contributed by atoms with van der Waals surface area (Å²) in [6.45, 7) is 4.78. The first-order chi connectivity index (χ1) is 9.17. The van der Waals surface area contributed by atoms with E-state index >= 15 is 0 Å². The van der Waals surface area contributed by atoms with Crippen LogP contribution in [0.2, 0.25) is 0 Å². The number of benzene rings is 1. The third kappa shape index (κ3) is 2.84. The third-order valence-corrected chi connectivity index (χ3v) is 3.32. The number of carbonyl (C=O) groups is 1. The fourth-order valence-corrected chi connectivity index (χ4v) is 2.16. The van der Waals surface area contributed by atoms with E-state index in [1.807, 2.05) is 24.3 Å². The van der Waals surface area contributed by atoms with Crippen LogP contribution in [0.3, 0.4) is 0 Å². The lowest BCUT2D eigenvalue weighted by molar-refractivity contribution is -0.127. The van der Waals surface area contributed by atoms with E-state index in [0.717, 1.165) is 29.8 Å². The van der Waals surface area contributed by atoms with Gasteiger partial charge in [-0.25, -0.2) is 4.98 Å². The van der Waals surface area contributed by atoms with Crippen LogP contribution in [-0.2, 0) is 22.5 Å². The molecule has 0 saturated carbocycles. The van der Waals surface area contributed by atoms with Gasteiger partial charge in [-0.1, -0.05) is 19.1 Å². The van der Waals surface area contributed by atoms with Gasteiger partial charge in [0.15, 0.2) is 5.78 Å². The van der Waals surface area contributed by atoms with Crippen molar-refractivity contribution in [2.24, 2.45) is 0 Å². The number of nitrogens with zero attached hydrogens (tertiary/aromatic N) is 2. The number of para-hydroxylation sites is 2. The van der Waals surface area contributed by atoms with Gasteiger partial charge in [-0.05, 0) is 25.5 Å². The highest BCUT2D eigenvalue weighted by Crippen LogP contribution is 2.17. The number of rotatable bonds is 6. The van der Waals surface area contributed by atoms with Gasteiger partial charge in [0.1, 0.15) is 11.9 Å². The van der Waals surface area contributed by atoms with Gasteiger partial charge in [-0.3, -0.25) is 4.79 Å². The quantitative estimate of drug-likeness (QED) is 0.802. The van der Waals surface area contributed by atoms with E-state index < -0.39 is 0 Å². The minimum absolute atomic E-state index is 0.0650. The zero-order valence-corrected chi connectivity index (χ0v) is 11.7. The standard InChI is InChI=1S/C15H20N2O2/c1-4-9-17-13-8-6-5-7-12(13)16-15(17)10-14(18)11(2)19-3/h5-8,11H,4,9-10H2,1-3H3. The van der Waals surface area contributed by atoms with E-state index in [2.05, 4.69) is 16.5 Å². The van der Waals surface area contributed by atoms with Gasteiger partial charge in [0.2, 0.25) is 0 Å². The number of hydrogen-bond acceptors (Lipinski definition) is 3. The molecule has 0 amide bonds. The lowest BCUT2D eigenvalue weighted by Crippen LogP contribution is -2.22. The molecule has 102 valence electrons. The summed E-state index contributed by atoms with van der Waals surface area (Å²) in [4.78, 5) is 16.6. The maximum absolute atomic E-state index is 12.0. The normalized spacial score (nSPS) is 12.8. The number of aryl methyl sites for hydroxylation is 1. The molecular formula is C15H20N2O2. The highest BCUT2D eigenvalue weighted by Gasteiger charge is 2.17.